The van der Waals surface area contributed by atoms with Crippen LogP contribution in [0, 0.1) is 0 Å². The summed E-state index contributed by atoms with van der Waals surface area (Å²) in [5.74, 6) is 0. The normalized spacial score (nSPS) is 10.6. The molecule has 0 saturated heterocycles. The van der Waals surface area contributed by atoms with Crippen molar-refractivity contribution >= 4 is 33.8 Å². The quantitative estimate of drug-likeness (QED) is 0.428. The lowest BCUT2D eigenvalue weighted by Crippen LogP contribution is -1.90. The maximum Gasteiger partial charge on any atom is 0.188 e. The number of thiazole rings is 1. The first-order valence-electron chi connectivity index (χ1n) is 7.94. The molecule has 25 heavy (non-hydrogen) atoms. The monoisotopic (exact) mass is 362 g/mol. The first-order valence-corrected chi connectivity index (χ1v) is 9.14. The molecule has 1 N–H and O–H groups in total. The van der Waals surface area contributed by atoms with E-state index in [1.54, 1.807) is 11.3 Å². The summed E-state index contributed by atoms with van der Waals surface area (Å²) in [5, 5.41) is 4.85. The number of hydrogen-bond donors (Lipinski definition) is 1. The molecule has 0 aliphatic carbocycles. The number of hydrogen-bond acceptors (Lipinski definition) is 3. The van der Waals surface area contributed by atoms with Crippen LogP contribution in [-0.4, -0.2) is 4.98 Å². The fraction of sp³-hybridized carbons (Fsp3) is 0. The van der Waals surface area contributed by atoms with Crippen molar-refractivity contribution in [2.45, 2.75) is 0 Å². The molecule has 3 aromatic carbocycles. The predicted octanol–water partition coefficient (Wildman–Crippen LogP) is 6.87. The Balaban J connectivity index is 1.80. The summed E-state index contributed by atoms with van der Waals surface area (Å²) >= 11 is 7.90. The standard InChI is InChI=1S/C21H15ClN2S/c22-17-13-7-8-14-18(17)23-21-24-19(15-9-3-1-4-10-15)20(25-21)16-11-5-2-6-12-16/h1-14H,(H,23,24). The molecule has 0 aliphatic heterocycles. The molecule has 0 atom stereocenters. The zero-order valence-electron chi connectivity index (χ0n) is 13.3. The number of aromatic nitrogens is 1. The van der Waals surface area contributed by atoms with E-state index in [0.717, 1.165) is 32.5 Å². The van der Waals surface area contributed by atoms with Crippen LogP contribution in [-0.2, 0) is 0 Å². The fourth-order valence-electron chi connectivity index (χ4n) is 2.63. The van der Waals surface area contributed by atoms with E-state index < -0.39 is 0 Å². The maximum absolute atomic E-state index is 6.27. The van der Waals surface area contributed by atoms with Gasteiger partial charge >= 0.3 is 0 Å². The minimum Gasteiger partial charge on any atom is -0.330 e. The predicted molar refractivity (Wildman–Crippen MR) is 108 cm³/mol. The highest BCUT2D eigenvalue weighted by Crippen LogP contribution is 2.40. The number of benzene rings is 3. The Bertz CT molecular complexity index is 924. The highest BCUT2D eigenvalue weighted by atomic mass is 35.5. The van der Waals surface area contributed by atoms with Gasteiger partial charge in [0.05, 0.1) is 21.3 Å². The average molecular weight is 363 g/mol. The van der Waals surface area contributed by atoms with E-state index in [1.165, 1.54) is 0 Å². The third-order valence-corrected chi connectivity index (χ3v) is 5.18. The van der Waals surface area contributed by atoms with Gasteiger partial charge in [0, 0.05) is 5.56 Å². The summed E-state index contributed by atoms with van der Waals surface area (Å²) in [7, 11) is 0. The number of para-hydroxylation sites is 1. The van der Waals surface area contributed by atoms with Crippen molar-refractivity contribution in [3.8, 4) is 21.7 Å². The second-order valence-corrected chi connectivity index (χ2v) is 6.94. The van der Waals surface area contributed by atoms with Crippen molar-refractivity contribution in [1.82, 2.24) is 4.98 Å². The van der Waals surface area contributed by atoms with Crippen LogP contribution in [0.1, 0.15) is 0 Å². The summed E-state index contributed by atoms with van der Waals surface area (Å²) in [5.41, 5.74) is 4.10. The highest BCUT2D eigenvalue weighted by molar-refractivity contribution is 7.19. The van der Waals surface area contributed by atoms with Crippen LogP contribution in [0.5, 0.6) is 0 Å². The molecule has 2 nitrogen and oxygen atoms in total. The molecule has 0 radical (unpaired) electrons. The lowest BCUT2D eigenvalue weighted by atomic mass is 10.1. The Morgan fingerprint density at radius 1 is 0.720 bits per heavy atom. The Labute approximate surface area is 155 Å². The van der Waals surface area contributed by atoms with Crippen molar-refractivity contribution in [3.05, 3.63) is 90.0 Å². The SMILES string of the molecule is Clc1ccccc1Nc1nc(-c2ccccc2)c(-c2ccccc2)s1. The minimum atomic E-state index is 0.681. The van der Waals surface area contributed by atoms with Crippen LogP contribution in [0.3, 0.4) is 0 Å². The summed E-state index contributed by atoms with van der Waals surface area (Å²) in [6.45, 7) is 0. The molecule has 0 unspecified atom stereocenters. The number of rotatable bonds is 4. The van der Waals surface area contributed by atoms with Gasteiger partial charge in [0.15, 0.2) is 5.13 Å². The first-order chi connectivity index (χ1) is 12.3. The van der Waals surface area contributed by atoms with Crippen molar-refractivity contribution in [2.75, 3.05) is 5.32 Å². The lowest BCUT2D eigenvalue weighted by Gasteiger charge is -2.03. The molecule has 0 aliphatic rings. The van der Waals surface area contributed by atoms with Gasteiger partial charge in [-0.1, -0.05) is 95.7 Å². The van der Waals surface area contributed by atoms with E-state index in [-0.39, 0.29) is 0 Å². The molecule has 1 heterocycles. The van der Waals surface area contributed by atoms with Crippen LogP contribution in [0.15, 0.2) is 84.9 Å². The van der Waals surface area contributed by atoms with Gasteiger partial charge in [-0.2, -0.15) is 0 Å². The van der Waals surface area contributed by atoms with E-state index in [4.69, 9.17) is 16.6 Å². The van der Waals surface area contributed by atoms with Gasteiger partial charge in [0.1, 0.15) is 0 Å². The number of nitrogens with zero attached hydrogens (tertiary/aromatic N) is 1. The third-order valence-electron chi connectivity index (χ3n) is 3.83. The lowest BCUT2D eigenvalue weighted by molar-refractivity contribution is 1.38. The smallest absolute Gasteiger partial charge is 0.188 e. The Morgan fingerprint density at radius 2 is 1.32 bits per heavy atom. The van der Waals surface area contributed by atoms with E-state index in [2.05, 4.69) is 29.6 Å². The van der Waals surface area contributed by atoms with Gasteiger partial charge < -0.3 is 5.32 Å². The van der Waals surface area contributed by atoms with E-state index in [9.17, 15) is 0 Å². The molecule has 0 saturated carbocycles. The average Bonchev–Trinajstić information content (AvgIpc) is 3.09. The van der Waals surface area contributed by atoms with Crippen molar-refractivity contribution < 1.29 is 0 Å². The zero-order valence-corrected chi connectivity index (χ0v) is 14.9. The van der Waals surface area contributed by atoms with Crippen LogP contribution >= 0.6 is 22.9 Å². The second-order valence-electron chi connectivity index (χ2n) is 5.53. The van der Waals surface area contributed by atoms with Gasteiger partial charge in [-0.05, 0) is 17.7 Å². The summed E-state index contributed by atoms with van der Waals surface area (Å²) in [6, 6.07) is 28.3. The Kier molecular flexibility index (Phi) is 4.51. The van der Waals surface area contributed by atoms with Gasteiger partial charge in [0.2, 0.25) is 0 Å². The molecular formula is C21H15ClN2S. The second kappa shape index (κ2) is 7.09. The van der Waals surface area contributed by atoms with E-state index in [1.807, 2.05) is 60.7 Å². The molecule has 0 amide bonds. The Hall–Kier alpha value is -2.62. The minimum absolute atomic E-state index is 0.681. The van der Waals surface area contributed by atoms with Crippen LogP contribution in [0.4, 0.5) is 10.8 Å². The number of anilines is 2. The number of nitrogens with one attached hydrogen (secondary N) is 1. The first kappa shape index (κ1) is 15.9. The maximum atomic E-state index is 6.27. The van der Waals surface area contributed by atoms with Crippen LogP contribution < -0.4 is 5.32 Å². The van der Waals surface area contributed by atoms with Gasteiger partial charge in [-0.15, -0.1) is 0 Å². The van der Waals surface area contributed by atoms with Gasteiger partial charge in [-0.3, -0.25) is 0 Å². The number of halogens is 1. The molecule has 0 spiro atoms. The molecular weight excluding hydrogens is 348 g/mol. The highest BCUT2D eigenvalue weighted by Gasteiger charge is 2.15. The zero-order chi connectivity index (χ0) is 17.1. The van der Waals surface area contributed by atoms with Gasteiger partial charge in [-0.25, -0.2) is 4.98 Å². The van der Waals surface area contributed by atoms with E-state index >= 15 is 0 Å². The molecule has 4 heteroatoms. The molecule has 4 rings (SSSR count). The van der Waals surface area contributed by atoms with Crippen molar-refractivity contribution in [1.29, 1.82) is 0 Å². The molecule has 122 valence electrons. The Morgan fingerprint density at radius 3 is 2.00 bits per heavy atom. The fourth-order valence-corrected chi connectivity index (χ4v) is 3.82. The summed E-state index contributed by atoms with van der Waals surface area (Å²) in [4.78, 5) is 5.98. The molecule has 0 fully saturated rings. The van der Waals surface area contributed by atoms with Gasteiger partial charge in [0.25, 0.3) is 0 Å². The van der Waals surface area contributed by atoms with Crippen LogP contribution in [0.25, 0.3) is 21.7 Å². The summed E-state index contributed by atoms with van der Waals surface area (Å²) in [6.07, 6.45) is 0. The third kappa shape index (κ3) is 3.43. The summed E-state index contributed by atoms with van der Waals surface area (Å²) < 4.78 is 0. The molecule has 0 bridgehead atoms. The van der Waals surface area contributed by atoms with E-state index in [0.29, 0.717) is 5.02 Å². The molecule has 4 aromatic rings. The van der Waals surface area contributed by atoms with Crippen LogP contribution in [0.2, 0.25) is 5.02 Å². The van der Waals surface area contributed by atoms with Crippen molar-refractivity contribution in [3.63, 3.8) is 0 Å². The largest absolute Gasteiger partial charge is 0.330 e. The topological polar surface area (TPSA) is 24.9 Å². The van der Waals surface area contributed by atoms with Crippen molar-refractivity contribution in [2.24, 2.45) is 0 Å². The molecule has 1 aromatic heterocycles.